The number of sulfonamides is 1. The second-order valence-corrected chi connectivity index (χ2v) is 17.5. The topological polar surface area (TPSA) is 166 Å². The van der Waals surface area contributed by atoms with Crippen LogP contribution in [0.25, 0.3) is 0 Å². The predicted octanol–water partition coefficient (Wildman–Crippen LogP) is 4.11. The summed E-state index contributed by atoms with van der Waals surface area (Å²) in [6.07, 6.45) is 6.60. The Balaban J connectivity index is 1.12. The van der Waals surface area contributed by atoms with E-state index in [4.69, 9.17) is 9.47 Å². The minimum absolute atomic E-state index is 0.0197. The van der Waals surface area contributed by atoms with E-state index in [9.17, 15) is 37.1 Å². The number of alkyl carbamates (subject to hydrolysis) is 1. The van der Waals surface area contributed by atoms with Crippen LogP contribution in [0.3, 0.4) is 0 Å². The molecule has 2 heterocycles. The second kappa shape index (κ2) is 15.8. The molecule has 0 bridgehead atoms. The Morgan fingerprint density at radius 2 is 1.87 bits per heavy atom. The van der Waals surface area contributed by atoms with Gasteiger partial charge in [0.15, 0.2) is 0 Å². The molecule has 286 valence electrons. The molecule has 5 unspecified atom stereocenters. The van der Waals surface area contributed by atoms with Gasteiger partial charge in [-0.2, -0.15) is 0 Å². The Labute approximate surface area is 305 Å². The predicted molar refractivity (Wildman–Crippen MR) is 187 cm³/mol. The molecule has 0 aromatic heterocycles. The Morgan fingerprint density at radius 1 is 1.13 bits per heavy atom. The Kier molecular flexibility index (Phi) is 11.9. The van der Waals surface area contributed by atoms with Gasteiger partial charge < -0.3 is 24.8 Å². The summed E-state index contributed by atoms with van der Waals surface area (Å²) in [5.74, 6) is -2.09. The van der Waals surface area contributed by atoms with Crippen molar-refractivity contribution < 1.29 is 46.6 Å². The van der Waals surface area contributed by atoms with Gasteiger partial charge in [-0.1, -0.05) is 37.1 Å². The largest absolute Gasteiger partial charge is 0.874 e. The molecule has 52 heavy (non-hydrogen) atoms. The smallest absolute Gasteiger partial charge is 0.410 e. The van der Waals surface area contributed by atoms with E-state index in [1.165, 1.54) is 22.9 Å². The maximum Gasteiger partial charge on any atom is 0.410 e. The van der Waals surface area contributed by atoms with Gasteiger partial charge in [-0.05, 0) is 76.8 Å². The lowest BCUT2D eigenvalue weighted by atomic mass is 10.0. The summed E-state index contributed by atoms with van der Waals surface area (Å²) < 4.78 is 51.0. The first-order valence-corrected chi connectivity index (χ1v) is 19.5. The third-order valence-corrected chi connectivity index (χ3v) is 12.2. The molecule has 5 atom stereocenters. The zero-order valence-electron chi connectivity index (χ0n) is 30.3. The maximum atomic E-state index is 14.2. The highest BCUT2D eigenvalue weighted by atomic mass is 32.2. The molecular formula is C37H50FN4O9S-. The second-order valence-electron chi connectivity index (χ2n) is 15.3. The summed E-state index contributed by atoms with van der Waals surface area (Å²) in [4.78, 5) is 55.0. The van der Waals surface area contributed by atoms with Crippen molar-refractivity contribution in [3.8, 4) is 0 Å². The lowest BCUT2D eigenvalue weighted by Crippen LogP contribution is -2.52. The van der Waals surface area contributed by atoms with Crippen molar-refractivity contribution in [1.82, 2.24) is 19.4 Å². The number of amides is 4. The van der Waals surface area contributed by atoms with Crippen LogP contribution in [0.15, 0.2) is 42.7 Å². The molecule has 0 radical (unpaired) electrons. The van der Waals surface area contributed by atoms with Crippen LogP contribution in [0.1, 0.15) is 89.7 Å². The molecule has 1 aromatic rings. The van der Waals surface area contributed by atoms with Crippen molar-refractivity contribution in [2.45, 2.75) is 121 Å². The van der Waals surface area contributed by atoms with Crippen molar-refractivity contribution in [2.75, 3.05) is 13.6 Å². The van der Waals surface area contributed by atoms with E-state index in [1.54, 1.807) is 32.9 Å². The number of hydrogen-bond acceptors (Lipinski definition) is 9. The van der Waals surface area contributed by atoms with Crippen molar-refractivity contribution in [3.63, 3.8) is 0 Å². The van der Waals surface area contributed by atoms with Gasteiger partial charge in [0.2, 0.25) is 21.8 Å². The molecule has 2 saturated carbocycles. The number of ether oxygens (including phenoxy) is 2. The molecule has 1 saturated heterocycles. The summed E-state index contributed by atoms with van der Waals surface area (Å²) in [5, 5.41) is 14.8. The number of nitrogens with one attached hydrogen (secondary N) is 1. The van der Waals surface area contributed by atoms with Crippen LogP contribution in [-0.4, -0.2) is 89.2 Å². The summed E-state index contributed by atoms with van der Waals surface area (Å²) in [5.41, 5.74) is 0.302. The zero-order chi connectivity index (χ0) is 38.0. The highest BCUT2D eigenvalue weighted by Gasteiger charge is 2.48. The highest BCUT2D eigenvalue weighted by molar-refractivity contribution is 7.90. The first-order valence-electron chi connectivity index (χ1n) is 18.0. The third kappa shape index (κ3) is 9.64. The van der Waals surface area contributed by atoms with Crippen LogP contribution in [0.2, 0.25) is 0 Å². The average Bonchev–Trinajstić information content (AvgIpc) is 3.98. The number of likely N-dealkylation sites (tertiary alicyclic amines) is 1. The van der Waals surface area contributed by atoms with Gasteiger partial charge in [0.05, 0.1) is 18.3 Å². The Morgan fingerprint density at radius 3 is 2.52 bits per heavy atom. The molecule has 1 N–H and O–H groups in total. The molecule has 1 aromatic carbocycles. The molecule has 3 fully saturated rings. The fraction of sp³-hybridized carbons (Fsp3) is 0.622. The van der Waals surface area contributed by atoms with Gasteiger partial charge in [0, 0.05) is 37.5 Å². The van der Waals surface area contributed by atoms with E-state index in [0.29, 0.717) is 36.8 Å². The van der Waals surface area contributed by atoms with Gasteiger partial charge in [-0.3, -0.25) is 14.5 Å². The molecule has 2 aliphatic carbocycles. The summed E-state index contributed by atoms with van der Waals surface area (Å²) in [6, 6.07) is 2.68. The highest BCUT2D eigenvalue weighted by Crippen LogP contribution is 2.42. The number of fused-ring (bicyclic) bond motifs is 1. The summed E-state index contributed by atoms with van der Waals surface area (Å²) >= 11 is 0. The molecule has 0 spiro atoms. The molecule has 15 heteroatoms. The minimum atomic E-state index is -3.55. The fourth-order valence-corrected chi connectivity index (χ4v) is 8.35. The number of allylic oxidation sites excluding steroid dienone is 2. The zero-order valence-corrected chi connectivity index (χ0v) is 31.2. The number of nitrogens with zero attached hydrogens (tertiary/aromatic N) is 3. The lowest BCUT2D eigenvalue weighted by molar-refractivity contribution is -0.312. The van der Waals surface area contributed by atoms with E-state index in [0.717, 1.165) is 23.6 Å². The number of hydrogen-bond donors (Lipinski definition) is 1. The van der Waals surface area contributed by atoms with E-state index in [1.807, 2.05) is 12.2 Å². The van der Waals surface area contributed by atoms with Gasteiger partial charge in [0.1, 0.15) is 23.6 Å². The minimum Gasteiger partial charge on any atom is -0.874 e. The van der Waals surface area contributed by atoms with Gasteiger partial charge >= 0.3 is 12.2 Å². The standard InChI is InChI=1S/C37H51FN4O9S/c1-23(43)32-19-26(50-36(47)41-20-25-13-11-14-30(38)29(25)22-41)21-42(32)34(45)31(39-35(46)51-37(2,3)4)15-10-8-6-7-9-12-24-18-28(24)33(44)40(5)52(48,49)27-16-17-27/h9,11-14,24,26-28,31-32,43H,1,6-8,10,15-22H2,2-5H3,(H,39,46)/p-1/b12-9-. The van der Waals surface area contributed by atoms with Crippen LogP contribution in [0.4, 0.5) is 14.0 Å². The van der Waals surface area contributed by atoms with E-state index >= 15 is 0 Å². The number of carbonyl (C=O) groups excluding carboxylic acids is 4. The molecule has 2 aliphatic heterocycles. The molecule has 4 amide bonds. The summed E-state index contributed by atoms with van der Waals surface area (Å²) in [7, 11) is -2.20. The monoisotopic (exact) mass is 745 g/mol. The van der Waals surface area contributed by atoms with E-state index in [2.05, 4.69) is 11.9 Å². The lowest BCUT2D eigenvalue weighted by Gasteiger charge is -2.32. The average molecular weight is 746 g/mol. The van der Waals surface area contributed by atoms with Gasteiger partial charge in [0.25, 0.3) is 0 Å². The van der Waals surface area contributed by atoms with Crippen molar-refractivity contribution >= 4 is 34.0 Å². The molecule has 13 nitrogen and oxygen atoms in total. The van der Waals surface area contributed by atoms with Crippen LogP contribution >= 0.6 is 0 Å². The van der Waals surface area contributed by atoms with Crippen molar-refractivity contribution in [3.05, 3.63) is 59.6 Å². The van der Waals surface area contributed by atoms with Crippen molar-refractivity contribution in [1.29, 1.82) is 0 Å². The molecule has 4 aliphatic rings. The number of halogens is 1. The van der Waals surface area contributed by atoms with Crippen LogP contribution < -0.4 is 10.4 Å². The first-order chi connectivity index (χ1) is 24.5. The van der Waals surface area contributed by atoms with Gasteiger partial charge in [-0.15, -0.1) is 12.3 Å². The maximum absolute atomic E-state index is 14.2. The number of rotatable bonds is 14. The SMILES string of the molecule is C=C([O-])C1CC(OC(=O)N2Cc3cccc(F)c3C2)CN1C(=O)C(CCCCC/C=C\C1CC1C(=O)N(C)S(=O)(=O)C1CC1)NC(=O)OC(C)(C)C. The van der Waals surface area contributed by atoms with Crippen LogP contribution in [0, 0.1) is 17.7 Å². The quantitative estimate of drug-likeness (QED) is 0.168. The van der Waals surface area contributed by atoms with Crippen LogP contribution in [0.5, 0.6) is 0 Å². The Hall–Kier alpha value is -4.14. The van der Waals surface area contributed by atoms with Crippen molar-refractivity contribution in [2.24, 2.45) is 11.8 Å². The fourth-order valence-electron chi connectivity index (χ4n) is 6.78. The number of benzene rings is 1. The first kappa shape index (κ1) is 39.1. The third-order valence-electron chi connectivity index (χ3n) is 9.90. The number of carbonyl (C=O) groups is 4. The normalized spacial score (nSPS) is 23.2. The Bertz CT molecular complexity index is 1690. The number of unbranched alkanes of at least 4 members (excludes halogenated alkanes) is 3. The summed E-state index contributed by atoms with van der Waals surface area (Å²) in [6.45, 7) is 8.79. The van der Waals surface area contributed by atoms with Gasteiger partial charge in [-0.25, -0.2) is 26.7 Å². The molecule has 5 rings (SSSR count). The molecular weight excluding hydrogens is 695 g/mol. The van der Waals surface area contributed by atoms with E-state index in [-0.39, 0.29) is 50.2 Å². The van der Waals surface area contributed by atoms with Crippen LogP contribution in [-0.2, 0) is 42.2 Å². The van der Waals surface area contributed by atoms with E-state index < -0.39 is 68.7 Å².